The molecule has 0 aliphatic carbocycles. The molecule has 0 spiro atoms. The Morgan fingerprint density at radius 3 is 2.65 bits per heavy atom. The molecule has 5 nitrogen and oxygen atoms in total. The van der Waals surface area contributed by atoms with E-state index in [0.717, 1.165) is 71.0 Å². The number of hydrogen-bond acceptors (Lipinski definition) is 6. The van der Waals surface area contributed by atoms with Crippen LogP contribution in [-0.2, 0) is 4.74 Å². The van der Waals surface area contributed by atoms with Crippen LogP contribution in [0, 0.1) is 0 Å². The van der Waals surface area contributed by atoms with E-state index in [1.165, 1.54) is 0 Å². The van der Waals surface area contributed by atoms with E-state index in [4.69, 9.17) is 18.9 Å². The lowest BCUT2D eigenvalue weighted by Crippen LogP contribution is -2.37. The first kappa shape index (κ1) is 15.8. The fraction of sp³-hybridized carbons (Fsp3) is 0.300. The minimum Gasteiger partial charge on any atom is -0.486 e. The average Bonchev–Trinajstić information content (AvgIpc) is 3.13. The van der Waals surface area contributed by atoms with Gasteiger partial charge in [-0.25, -0.2) is 0 Å². The molecule has 0 amide bonds. The Morgan fingerprint density at radius 2 is 1.81 bits per heavy atom. The zero-order valence-corrected chi connectivity index (χ0v) is 15.1. The van der Waals surface area contributed by atoms with Gasteiger partial charge in [0.25, 0.3) is 0 Å². The van der Waals surface area contributed by atoms with Crippen molar-refractivity contribution in [3.63, 3.8) is 0 Å². The van der Waals surface area contributed by atoms with Gasteiger partial charge in [0.2, 0.25) is 0 Å². The Labute approximate surface area is 156 Å². The van der Waals surface area contributed by atoms with Crippen LogP contribution in [-0.4, -0.2) is 44.4 Å². The maximum absolute atomic E-state index is 6.32. The van der Waals surface area contributed by atoms with Crippen LogP contribution < -0.4 is 14.2 Å². The summed E-state index contributed by atoms with van der Waals surface area (Å²) in [6, 6.07) is 6.04. The maximum Gasteiger partial charge on any atom is 0.196 e. The topological polar surface area (TPSA) is 40.2 Å². The van der Waals surface area contributed by atoms with Gasteiger partial charge in [0.15, 0.2) is 23.1 Å². The first-order valence-corrected chi connectivity index (χ1v) is 9.60. The molecule has 6 heteroatoms. The quantitative estimate of drug-likeness (QED) is 0.806. The second-order valence-corrected chi connectivity index (χ2v) is 7.26. The van der Waals surface area contributed by atoms with Gasteiger partial charge in [0.1, 0.15) is 13.2 Å². The Balaban J connectivity index is 1.50. The summed E-state index contributed by atoms with van der Waals surface area (Å²) in [5.74, 6) is 3.30. The van der Waals surface area contributed by atoms with Crippen LogP contribution >= 0.6 is 11.3 Å². The van der Waals surface area contributed by atoms with Gasteiger partial charge in [0.05, 0.1) is 18.1 Å². The molecular weight excluding hydrogens is 350 g/mol. The zero-order valence-electron chi connectivity index (χ0n) is 14.3. The monoisotopic (exact) mass is 369 g/mol. The predicted molar refractivity (Wildman–Crippen MR) is 101 cm³/mol. The van der Waals surface area contributed by atoms with Crippen molar-refractivity contribution in [2.24, 2.45) is 0 Å². The van der Waals surface area contributed by atoms with Gasteiger partial charge in [-0.3, -0.25) is 0 Å². The smallest absolute Gasteiger partial charge is 0.196 e. The first-order valence-electron chi connectivity index (χ1n) is 8.72. The fourth-order valence-electron chi connectivity index (χ4n) is 3.37. The summed E-state index contributed by atoms with van der Waals surface area (Å²) in [6.45, 7) is 8.51. The Morgan fingerprint density at radius 1 is 1.00 bits per heavy atom. The Kier molecular flexibility index (Phi) is 3.87. The van der Waals surface area contributed by atoms with Crippen molar-refractivity contribution in [3.05, 3.63) is 47.0 Å². The van der Waals surface area contributed by atoms with Crippen LogP contribution in [0.15, 0.2) is 42.1 Å². The molecular formula is C20H19NO4S. The molecule has 0 radical (unpaired) electrons. The number of allylic oxidation sites excluding steroid dienone is 2. The molecule has 2 aromatic rings. The number of rotatable bonds is 2. The molecule has 134 valence electrons. The van der Waals surface area contributed by atoms with Crippen LogP contribution in [0.2, 0.25) is 0 Å². The third-order valence-corrected chi connectivity index (χ3v) is 5.75. The van der Waals surface area contributed by atoms with Crippen LogP contribution in [0.25, 0.3) is 16.7 Å². The highest BCUT2D eigenvalue weighted by molar-refractivity contribution is 7.12. The minimum atomic E-state index is 0.579. The SMILES string of the molecule is C=C1C=C(N2CCOCC2)Oc2c(-c3ccc4c(c3)OCCO4)csc21. The van der Waals surface area contributed by atoms with Crippen molar-refractivity contribution >= 4 is 16.9 Å². The minimum absolute atomic E-state index is 0.579. The van der Waals surface area contributed by atoms with Gasteiger partial charge in [-0.05, 0) is 23.3 Å². The molecule has 3 aliphatic rings. The van der Waals surface area contributed by atoms with Crippen LogP contribution in [0.5, 0.6) is 17.2 Å². The summed E-state index contributed by atoms with van der Waals surface area (Å²) in [5, 5.41) is 2.12. The molecule has 0 bridgehead atoms. The third kappa shape index (κ3) is 2.66. The number of benzene rings is 1. The van der Waals surface area contributed by atoms with E-state index in [1.54, 1.807) is 11.3 Å². The van der Waals surface area contributed by atoms with E-state index in [0.29, 0.717) is 13.2 Å². The molecule has 0 atom stereocenters. The molecule has 3 aliphatic heterocycles. The van der Waals surface area contributed by atoms with Crippen molar-refractivity contribution in [2.45, 2.75) is 0 Å². The van der Waals surface area contributed by atoms with Gasteiger partial charge in [-0.15, -0.1) is 11.3 Å². The summed E-state index contributed by atoms with van der Waals surface area (Å²) in [4.78, 5) is 3.29. The molecule has 1 saturated heterocycles. The summed E-state index contributed by atoms with van der Waals surface area (Å²) in [5.41, 5.74) is 3.10. The molecule has 1 aromatic heterocycles. The molecule has 5 rings (SSSR count). The summed E-state index contributed by atoms with van der Waals surface area (Å²) in [7, 11) is 0. The van der Waals surface area contributed by atoms with Crippen molar-refractivity contribution in [3.8, 4) is 28.4 Å². The third-order valence-electron chi connectivity index (χ3n) is 4.72. The van der Waals surface area contributed by atoms with Gasteiger partial charge >= 0.3 is 0 Å². The highest BCUT2D eigenvalue weighted by Gasteiger charge is 2.26. The standard InChI is InChI=1S/C20H19NO4S/c1-13-10-18(21-4-6-22-7-5-21)25-19-15(12-26-20(13)19)14-2-3-16-17(11-14)24-9-8-23-16/h2-3,10-12H,1,4-9H2. The molecule has 4 heterocycles. The largest absolute Gasteiger partial charge is 0.486 e. The Hall–Kier alpha value is -2.44. The highest BCUT2D eigenvalue weighted by Crippen LogP contribution is 2.47. The number of ether oxygens (including phenoxy) is 4. The van der Waals surface area contributed by atoms with Gasteiger partial charge in [-0.2, -0.15) is 0 Å². The number of hydrogen-bond donors (Lipinski definition) is 0. The summed E-state index contributed by atoms with van der Waals surface area (Å²) < 4.78 is 23.1. The van der Waals surface area contributed by atoms with E-state index >= 15 is 0 Å². The first-order chi connectivity index (χ1) is 12.8. The number of morpholine rings is 1. The van der Waals surface area contributed by atoms with E-state index < -0.39 is 0 Å². The van der Waals surface area contributed by atoms with Crippen LogP contribution in [0.3, 0.4) is 0 Å². The van der Waals surface area contributed by atoms with E-state index in [9.17, 15) is 0 Å². The molecule has 0 saturated carbocycles. The normalized spacial score (nSPS) is 18.8. The lowest BCUT2D eigenvalue weighted by Gasteiger charge is -2.32. The van der Waals surface area contributed by atoms with E-state index in [2.05, 4.69) is 22.9 Å². The van der Waals surface area contributed by atoms with Crippen molar-refractivity contribution in [1.82, 2.24) is 4.90 Å². The van der Waals surface area contributed by atoms with Crippen LogP contribution in [0.4, 0.5) is 0 Å². The number of nitrogens with zero attached hydrogens (tertiary/aromatic N) is 1. The maximum atomic E-state index is 6.32. The van der Waals surface area contributed by atoms with Gasteiger partial charge < -0.3 is 23.8 Å². The molecule has 0 unspecified atom stereocenters. The highest BCUT2D eigenvalue weighted by atomic mass is 32.1. The molecule has 0 N–H and O–H groups in total. The lowest BCUT2D eigenvalue weighted by molar-refractivity contribution is 0.0348. The molecule has 1 fully saturated rings. The van der Waals surface area contributed by atoms with Crippen molar-refractivity contribution in [2.75, 3.05) is 39.5 Å². The molecule has 26 heavy (non-hydrogen) atoms. The second-order valence-electron chi connectivity index (χ2n) is 6.38. The Bertz CT molecular complexity index is 895. The van der Waals surface area contributed by atoms with E-state index in [1.807, 2.05) is 18.2 Å². The fourth-order valence-corrected chi connectivity index (χ4v) is 4.32. The van der Waals surface area contributed by atoms with Crippen LogP contribution in [0.1, 0.15) is 4.88 Å². The van der Waals surface area contributed by atoms with Gasteiger partial charge in [0, 0.05) is 30.1 Å². The van der Waals surface area contributed by atoms with Crippen molar-refractivity contribution in [1.29, 1.82) is 0 Å². The summed E-state index contributed by atoms with van der Waals surface area (Å²) in [6.07, 6.45) is 2.03. The average molecular weight is 369 g/mol. The summed E-state index contributed by atoms with van der Waals surface area (Å²) >= 11 is 1.66. The lowest BCUT2D eigenvalue weighted by atomic mass is 10.0. The number of thiophene rings is 1. The van der Waals surface area contributed by atoms with E-state index in [-0.39, 0.29) is 0 Å². The second kappa shape index (κ2) is 6.37. The zero-order chi connectivity index (χ0) is 17.5. The molecule has 1 aromatic carbocycles. The van der Waals surface area contributed by atoms with Crippen molar-refractivity contribution < 1.29 is 18.9 Å². The van der Waals surface area contributed by atoms with Gasteiger partial charge in [-0.1, -0.05) is 12.6 Å². The number of fused-ring (bicyclic) bond motifs is 2. The predicted octanol–water partition coefficient (Wildman–Crippen LogP) is 3.77.